The van der Waals surface area contributed by atoms with Gasteiger partial charge in [-0.3, -0.25) is 0 Å². The summed E-state index contributed by atoms with van der Waals surface area (Å²) in [6.45, 7) is 0. The lowest BCUT2D eigenvalue weighted by Gasteiger charge is -2.06. The number of benzene rings is 1. The molecule has 0 spiro atoms. The highest BCUT2D eigenvalue weighted by molar-refractivity contribution is 5.86. The molecule has 0 atom stereocenters. The summed E-state index contributed by atoms with van der Waals surface area (Å²) in [4.78, 5) is 7.11. The van der Waals surface area contributed by atoms with Crippen LogP contribution in [0.4, 0.5) is 10.1 Å². The van der Waals surface area contributed by atoms with Crippen LogP contribution in [0.25, 0.3) is 11.0 Å². The molecule has 2 aromatic heterocycles. The van der Waals surface area contributed by atoms with Crippen molar-refractivity contribution in [3.05, 3.63) is 59.2 Å². The van der Waals surface area contributed by atoms with Gasteiger partial charge in [0, 0.05) is 29.9 Å². The average Bonchev–Trinajstić information content (AvgIpc) is 2.86. The Labute approximate surface area is 114 Å². The van der Waals surface area contributed by atoms with Crippen molar-refractivity contribution < 1.29 is 4.39 Å². The predicted octanol–water partition coefficient (Wildman–Crippen LogP) is 2.75. The molecule has 0 fully saturated rings. The molecule has 20 heavy (non-hydrogen) atoms. The first kappa shape index (κ1) is 12.2. The molecule has 0 radical (unpaired) electrons. The third-order valence-electron chi connectivity index (χ3n) is 3.24. The van der Waals surface area contributed by atoms with E-state index in [1.54, 1.807) is 30.6 Å². The largest absolute Gasteiger partial charge is 0.399 e. The molecule has 3 N–H and O–H groups in total. The lowest BCUT2D eigenvalue weighted by atomic mass is 10.0. The Bertz CT molecular complexity index is 829. The fourth-order valence-electron chi connectivity index (χ4n) is 2.27. The van der Waals surface area contributed by atoms with Gasteiger partial charge in [-0.05, 0) is 29.3 Å². The first-order chi connectivity index (χ1) is 9.69. The zero-order valence-corrected chi connectivity index (χ0v) is 10.5. The molecule has 0 saturated heterocycles. The number of nitrogen functional groups attached to an aromatic ring is 1. The van der Waals surface area contributed by atoms with E-state index in [1.807, 2.05) is 0 Å². The van der Waals surface area contributed by atoms with Gasteiger partial charge in [-0.2, -0.15) is 5.26 Å². The van der Waals surface area contributed by atoms with E-state index in [0.29, 0.717) is 28.9 Å². The van der Waals surface area contributed by atoms with Crippen molar-refractivity contribution in [2.24, 2.45) is 0 Å². The SMILES string of the molecule is N#Cc1c[nH]c2nccc(Cc3ccc(N)cc3F)c12. The van der Waals surface area contributed by atoms with Gasteiger partial charge in [0.15, 0.2) is 0 Å². The van der Waals surface area contributed by atoms with Gasteiger partial charge in [0.25, 0.3) is 0 Å². The summed E-state index contributed by atoms with van der Waals surface area (Å²) < 4.78 is 13.9. The van der Waals surface area contributed by atoms with Crippen molar-refractivity contribution in [1.82, 2.24) is 9.97 Å². The van der Waals surface area contributed by atoms with Gasteiger partial charge >= 0.3 is 0 Å². The van der Waals surface area contributed by atoms with Crippen molar-refractivity contribution >= 4 is 16.7 Å². The topological polar surface area (TPSA) is 78.5 Å². The Hall–Kier alpha value is -2.87. The highest BCUT2D eigenvalue weighted by Gasteiger charge is 2.11. The minimum Gasteiger partial charge on any atom is -0.399 e. The van der Waals surface area contributed by atoms with Crippen LogP contribution in [-0.2, 0) is 6.42 Å². The lowest BCUT2D eigenvalue weighted by molar-refractivity contribution is 0.615. The van der Waals surface area contributed by atoms with Crippen LogP contribution in [0, 0.1) is 17.1 Å². The van der Waals surface area contributed by atoms with Crippen LogP contribution in [0.15, 0.2) is 36.7 Å². The number of nitrogens with two attached hydrogens (primary N) is 1. The Morgan fingerprint density at radius 1 is 1.30 bits per heavy atom. The van der Waals surface area contributed by atoms with Crippen molar-refractivity contribution in [2.75, 3.05) is 5.73 Å². The minimum absolute atomic E-state index is 0.344. The van der Waals surface area contributed by atoms with Crippen LogP contribution in [0.1, 0.15) is 16.7 Å². The summed E-state index contributed by atoms with van der Waals surface area (Å²) in [6, 6.07) is 8.54. The number of pyridine rings is 1. The lowest BCUT2D eigenvalue weighted by Crippen LogP contribution is -1.96. The first-order valence-electron chi connectivity index (χ1n) is 6.08. The van der Waals surface area contributed by atoms with Crippen molar-refractivity contribution in [3.63, 3.8) is 0 Å². The van der Waals surface area contributed by atoms with E-state index < -0.39 is 0 Å². The van der Waals surface area contributed by atoms with E-state index >= 15 is 0 Å². The first-order valence-corrected chi connectivity index (χ1v) is 6.08. The number of hydrogen-bond donors (Lipinski definition) is 2. The van der Waals surface area contributed by atoms with E-state index in [-0.39, 0.29) is 5.82 Å². The Morgan fingerprint density at radius 3 is 2.90 bits per heavy atom. The molecular weight excluding hydrogens is 255 g/mol. The predicted molar refractivity (Wildman–Crippen MR) is 74.4 cm³/mol. The normalized spacial score (nSPS) is 10.6. The maximum atomic E-state index is 13.9. The smallest absolute Gasteiger partial charge is 0.138 e. The molecule has 0 bridgehead atoms. The molecule has 4 nitrogen and oxygen atoms in total. The van der Waals surface area contributed by atoms with Crippen molar-refractivity contribution in [2.45, 2.75) is 6.42 Å². The van der Waals surface area contributed by atoms with E-state index in [4.69, 9.17) is 11.0 Å². The number of fused-ring (bicyclic) bond motifs is 1. The Kier molecular flexibility index (Phi) is 2.84. The molecule has 0 unspecified atom stereocenters. The van der Waals surface area contributed by atoms with Crippen molar-refractivity contribution in [1.29, 1.82) is 5.26 Å². The molecule has 0 aliphatic heterocycles. The summed E-state index contributed by atoms with van der Waals surface area (Å²) >= 11 is 0. The maximum absolute atomic E-state index is 13.9. The van der Waals surface area contributed by atoms with Crippen molar-refractivity contribution in [3.8, 4) is 6.07 Å². The second kappa shape index (κ2) is 4.67. The number of aromatic amines is 1. The summed E-state index contributed by atoms with van der Waals surface area (Å²) in [5.74, 6) is -0.344. The molecule has 3 aromatic rings. The van der Waals surface area contributed by atoms with Crippen LogP contribution in [0.3, 0.4) is 0 Å². The number of anilines is 1. The molecule has 0 saturated carbocycles. The van der Waals surface area contributed by atoms with Gasteiger partial charge in [-0.25, -0.2) is 9.37 Å². The molecule has 3 rings (SSSR count). The van der Waals surface area contributed by atoms with Gasteiger partial charge in [0.1, 0.15) is 17.5 Å². The number of aromatic nitrogens is 2. The molecule has 1 aromatic carbocycles. The van der Waals surface area contributed by atoms with Crippen LogP contribution < -0.4 is 5.73 Å². The van der Waals surface area contributed by atoms with Crippen LogP contribution in [0.5, 0.6) is 0 Å². The highest BCUT2D eigenvalue weighted by atomic mass is 19.1. The Morgan fingerprint density at radius 2 is 2.15 bits per heavy atom. The number of H-pyrrole nitrogens is 1. The molecular formula is C15H11FN4. The molecule has 0 amide bonds. The van der Waals surface area contributed by atoms with Gasteiger partial charge < -0.3 is 10.7 Å². The molecule has 0 aliphatic rings. The summed E-state index contributed by atoms with van der Waals surface area (Å²) in [5.41, 5.74) is 8.48. The van der Waals surface area contributed by atoms with Gasteiger partial charge in [-0.1, -0.05) is 6.07 Å². The zero-order valence-electron chi connectivity index (χ0n) is 10.5. The zero-order chi connectivity index (χ0) is 14.1. The summed E-state index contributed by atoms with van der Waals surface area (Å²) in [6.07, 6.45) is 3.64. The third kappa shape index (κ3) is 1.97. The summed E-state index contributed by atoms with van der Waals surface area (Å²) in [7, 11) is 0. The van der Waals surface area contributed by atoms with E-state index in [1.165, 1.54) is 6.07 Å². The van der Waals surface area contributed by atoms with E-state index in [0.717, 1.165) is 10.9 Å². The second-order valence-corrected chi connectivity index (χ2v) is 4.54. The van der Waals surface area contributed by atoms with E-state index in [2.05, 4.69) is 16.0 Å². The number of halogens is 1. The maximum Gasteiger partial charge on any atom is 0.138 e. The van der Waals surface area contributed by atoms with E-state index in [9.17, 15) is 4.39 Å². The van der Waals surface area contributed by atoms with Crippen LogP contribution in [0.2, 0.25) is 0 Å². The monoisotopic (exact) mass is 266 g/mol. The summed E-state index contributed by atoms with van der Waals surface area (Å²) in [5, 5.41) is 9.86. The number of hydrogen-bond acceptors (Lipinski definition) is 3. The third-order valence-corrected chi connectivity index (χ3v) is 3.24. The quantitative estimate of drug-likeness (QED) is 0.700. The fourth-order valence-corrected chi connectivity index (χ4v) is 2.27. The minimum atomic E-state index is -0.344. The number of nitriles is 1. The molecule has 98 valence electrons. The van der Waals surface area contributed by atoms with Crippen LogP contribution >= 0.6 is 0 Å². The molecule has 2 heterocycles. The Balaban J connectivity index is 2.11. The average molecular weight is 266 g/mol. The van der Waals surface area contributed by atoms with Gasteiger partial charge in [0.05, 0.1) is 5.56 Å². The van der Waals surface area contributed by atoms with Gasteiger partial charge in [0.2, 0.25) is 0 Å². The van der Waals surface area contributed by atoms with Gasteiger partial charge in [-0.15, -0.1) is 0 Å². The molecule has 0 aliphatic carbocycles. The number of nitrogens with one attached hydrogen (secondary N) is 1. The highest BCUT2D eigenvalue weighted by Crippen LogP contribution is 2.24. The number of rotatable bonds is 2. The second-order valence-electron chi connectivity index (χ2n) is 4.54. The van der Waals surface area contributed by atoms with Crippen LogP contribution in [-0.4, -0.2) is 9.97 Å². The molecule has 5 heteroatoms. The number of nitrogens with zero attached hydrogens (tertiary/aromatic N) is 2. The standard InChI is InChI=1S/C15H11FN4/c16-13-6-12(18)2-1-9(13)5-10-3-4-19-15-14(10)11(7-17)8-20-15/h1-4,6,8H,5,18H2,(H,19,20). The fraction of sp³-hybridized carbons (Fsp3) is 0.0667.